The highest BCUT2D eigenvalue weighted by atomic mass is 16.5. The molecule has 33 heavy (non-hydrogen) atoms. The van der Waals surface area contributed by atoms with Gasteiger partial charge < -0.3 is 24.3 Å². The van der Waals surface area contributed by atoms with E-state index in [2.05, 4.69) is 17.4 Å². The quantitative estimate of drug-likeness (QED) is 0.330. The lowest BCUT2D eigenvalue weighted by molar-refractivity contribution is 0.284. The van der Waals surface area contributed by atoms with Gasteiger partial charge in [0.15, 0.2) is 16.8 Å². The molecule has 4 aromatic rings. The van der Waals surface area contributed by atoms with E-state index >= 15 is 0 Å². The number of nitrogens with one attached hydrogen (secondary N) is 1. The van der Waals surface area contributed by atoms with E-state index in [9.17, 15) is 9.90 Å². The molecule has 0 aliphatic carbocycles. The zero-order valence-corrected chi connectivity index (χ0v) is 18.5. The Hall–Kier alpha value is -3.77. The van der Waals surface area contributed by atoms with Crippen LogP contribution in [-0.2, 0) is 6.54 Å². The molecule has 6 nitrogen and oxygen atoms in total. The van der Waals surface area contributed by atoms with E-state index in [1.54, 1.807) is 0 Å². The molecular weight excluding hydrogens is 418 g/mol. The van der Waals surface area contributed by atoms with Crippen LogP contribution in [0.15, 0.2) is 82.0 Å². The summed E-state index contributed by atoms with van der Waals surface area (Å²) in [6, 6.07) is 22.4. The molecule has 0 radical (unpaired) electrons. The molecule has 0 bridgehead atoms. The molecule has 6 heteroatoms. The fourth-order valence-electron chi connectivity index (χ4n) is 3.68. The van der Waals surface area contributed by atoms with E-state index in [0.717, 1.165) is 31.5 Å². The molecule has 1 heterocycles. The maximum atomic E-state index is 12.7. The van der Waals surface area contributed by atoms with Crippen LogP contribution in [0.5, 0.6) is 17.2 Å². The first-order valence-electron chi connectivity index (χ1n) is 11.0. The van der Waals surface area contributed by atoms with Crippen LogP contribution < -0.4 is 20.2 Å². The molecule has 0 fully saturated rings. The van der Waals surface area contributed by atoms with E-state index in [1.165, 1.54) is 24.8 Å². The molecule has 1 aromatic heterocycles. The number of phenolic OH excluding ortho intramolecular Hbond substituents is 1. The third-order valence-electron chi connectivity index (χ3n) is 5.34. The number of methoxy groups -OCH3 is 1. The summed E-state index contributed by atoms with van der Waals surface area (Å²) in [6.07, 6.45) is 1.75. The topological polar surface area (TPSA) is 80.9 Å². The van der Waals surface area contributed by atoms with Gasteiger partial charge in [-0.1, -0.05) is 60.7 Å². The monoisotopic (exact) mass is 445 g/mol. The Kier molecular flexibility index (Phi) is 7.27. The third-order valence-corrected chi connectivity index (χ3v) is 5.34. The minimum atomic E-state index is -0.345. The Morgan fingerprint density at radius 3 is 2.42 bits per heavy atom. The number of hydrogen-bond acceptors (Lipinski definition) is 6. The van der Waals surface area contributed by atoms with Gasteiger partial charge in [0.25, 0.3) is 0 Å². The van der Waals surface area contributed by atoms with Crippen molar-refractivity contribution < 1.29 is 19.0 Å². The van der Waals surface area contributed by atoms with Gasteiger partial charge in [0.05, 0.1) is 13.7 Å². The lowest BCUT2D eigenvalue weighted by Crippen LogP contribution is -2.15. The standard InChI is InChI=1S/C27H27NO5/c1-31-26-24(32-15-9-8-14-28-18-19-10-4-2-5-11-19)17-22(30)25-21(29)16-23(33-27(25)26)20-12-6-3-7-13-20/h2-7,10-13,16-17,28,30H,8-9,14-15,18H2,1H3. The molecule has 3 aromatic carbocycles. The largest absolute Gasteiger partial charge is 0.507 e. The Balaban J connectivity index is 1.44. The van der Waals surface area contributed by atoms with Crippen molar-refractivity contribution in [3.63, 3.8) is 0 Å². The minimum Gasteiger partial charge on any atom is -0.507 e. The smallest absolute Gasteiger partial charge is 0.205 e. The van der Waals surface area contributed by atoms with Crippen LogP contribution in [0.3, 0.4) is 0 Å². The average molecular weight is 446 g/mol. The summed E-state index contributed by atoms with van der Waals surface area (Å²) in [4.78, 5) is 12.7. The Morgan fingerprint density at radius 2 is 1.70 bits per heavy atom. The van der Waals surface area contributed by atoms with Gasteiger partial charge in [-0.15, -0.1) is 0 Å². The Morgan fingerprint density at radius 1 is 0.970 bits per heavy atom. The predicted octanol–water partition coefficient (Wildman–Crippen LogP) is 5.12. The molecule has 2 N–H and O–H groups in total. The van der Waals surface area contributed by atoms with Crippen molar-refractivity contribution in [1.82, 2.24) is 5.32 Å². The number of rotatable bonds is 10. The van der Waals surface area contributed by atoms with Gasteiger partial charge in [-0.2, -0.15) is 0 Å². The van der Waals surface area contributed by atoms with Crippen LogP contribution in [0.1, 0.15) is 18.4 Å². The summed E-state index contributed by atoms with van der Waals surface area (Å²) < 4.78 is 17.4. The van der Waals surface area contributed by atoms with Crippen LogP contribution in [-0.4, -0.2) is 25.4 Å². The van der Waals surface area contributed by atoms with Crippen molar-refractivity contribution in [2.24, 2.45) is 0 Å². The van der Waals surface area contributed by atoms with E-state index in [0.29, 0.717) is 23.9 Å². The zero-order valence-electron chi connectivity index (χ0n) is 18.5. The molecule has 0 saturated carbocycles. The van der Waals surface area contributed by atoms with Crippen molar-refractivity contribution in [3.05, 3.63) is 88.6 Å². The predicted molar refractivity (Wildman–Crippen MR) is 129 cm³/mol. The molecule has 0 amide bonds. The number of unbranched alkanes of at least 4 members (excludes halogenated alkanes) is 1. The fourth-order valence-corrected chi connectivity index (χ4v) is 3.68. The molecule has 0 aliphatic heterocycles. The summed E-state index contributed by atoms with van der Waals surface area (Å²) in [6.45, 7) is 2.14. The van der Waals surface area contributed by atoms with Crippen LogP contribution >= 0.6 is 0 Å². The second kappa shape index (κ2) is 10.7. The van der Waals surface area contributed by atoms with Crippen molar-refractivity contribution in [2.45, 2.75) is 19.4 Å². The molecule has 0 atom stereocenters. The van der Waals surface area contributed by atoms with Gasteiger partial charge >= 0.3 is 0 Å². The highest BCUT2D eigenvalue weighted by molar-refractivity contribution is 5.91. The third kappa shape index (κ3) is 5.35. The van der Waals surface area contributed by atoms with E-state index in [4.69, 9.17) is 13.9 Å². The van der Waals surface area contributed by atoms with Crippen molar-refractivity contribution in [3.8, 4) is 28.6 Å². The molecular formula is C27H27NO5. The van der Waals surface area contributed by atoms with Crippen LogP contribution in [0.25, 0.3) is 22.3 Å². The summed E-state index contributed by atoms with van der Waals surface area (Å²) in [5.74, 6) is 0.833. The summed E-state index contributed by atoms with van der Waals surface area (Å²) in [5.41, 5.74) is 1.83. The van der Waals surface area contributed by atoms with Crippen LogP contribution in [0, 0.1) is 0 Å². The number of ether oxygens (including phenoxy) is 2. The lowest BCUT2D eigenvalue weighted by Gasteiger charge is -2.14. The van der Waals surface area contributed by atoms with Gasteiger partial charge in [-0.3, -0.25) is 4.79 Å². The molecule has 0 unspecified atom stereocenters. The summed E-state index contributed by atoms with van der Waals surface area (Å²) in [7, 11) is 1.49. The summed E-state index contributed by atoms with van der Waals surface area (Å²) in [5, 5.41) is 14.0. The highest BCUT2D eigenvalue weighted by Gasteiger charge is 2.20. The highest BCUT2D eigenvalue weighted by Crippen LogP contribution is 2.41. The van der Waals surface area contributed by atoms with Crippen LogP contribution in [0.4, 0.5) is 0 Å². The second-order valence-electron chi connectivity index (χ2n) is 7.69. The van der Waals surface area contributed by atoms with Gasteiger partial charge in [0.1, 0.15) is 16.9 Å². The zero-order chi connectivity index (χ0) is 23.0. The Labute approximate surface area is 192 Å². The van der Waals surface area contributed by atoms with Gasteiger partial charge in [0.2, 0.25) is 5.75 Å². The summed E-state index contributed by atoms with van der Waals surface area (Å²) >= 11 is 0. The number of hydrogen-bond donors (Lipinski definition) is 2. The first-order chi connectivity index (χ1) is 16.2. The number of benzene rings is 3. The van der Waals surface area contributed by atoms with Gasteiger partial charge in [-0.05, 0) is 24.9 Å². The van der Waals surface area contributed by atoms with Crippen molar-refractivity contribution in [1.29, 1.82) is 0 Å². The van der Waals surface area contributed by atoms with E-state index in [1.807, 2.05) is 48.5 Å². The average Bonchev–Trinajstić information content (AvgIpc) is 2.84. The first kappa shape index (κ1) is 22.4. The van der Waals surface area contributed by atoms with E-state index in [-0.39, 0.29) is 22.1 Å². The SMILES string of the molecule is COc1c(OCCCCNCc2ccccc2)cc(O)c2c(=O)cc(-c3ccccc3)oc12. The fraction of sp³-hybridized carbons (Fsp3) is 0.222. The molecule has 0 spiro atoms. The number of aromatic hydroxyl groups is 1. The molecule has 0 aliphatic rings. The van der Waals surface area contributed by atoms with Gasteiger partial charge in [-0.25, -0.2) is 0 Å². The normalized spacial score (nSPS) is 10.9. The Bertz CT molecular complexity index is 1250. The van der Waals surface area contributed by atoms with Crippen molar-refractivity contribution >= 4 is 11.0 Å². The molecule has 170 valence electrons. The van der Waals surface area contributed by atoms with E-state index < -0.39 is 0 Å². The first-order valence-corrected chi connectivity index (χ1v) is 11.0. The van der Waals surface area contributed by atoms with Gasteiger partial charge in [0, 0.05) is 24.2 Å². The molecule has 0 saturated heterocycles. The second-order valence-corrected chi connectivity index (χ2v) is 7.69. The number of fused-ring (bicyclic) bond motifs is 1. The maximum absolute atomic E-state index is 12.7. The number of phenols is 1. The lowest BCUT2D eigenvalue weighted by atomic mass is 10.1. The van der Waals surface area contributed by atoms with Crippen molar-refractivity contribution in [2.75, 3.05) is 20.3 Å². The maximum Gasteiger partial charge on any atom is 0.205 e. The van der Waals surface area contributed by atoms with Crippen LogP contribution in [0.2, 0.25) is 0 Å². The molecule has 4 rings (SSSR count). The minimum absolute atomic E-state index is 0.0731.